The molecule has 0 saturated carbocycles. The third kappa shape index (κ3) is 4.40. The van der Waals surface area contributed by atoms with Crippen molar-refractivity contribution in [2.75, 3.05) is 13.4 Å². The highest BCUT2D eigenvalue weighted by atomic mass is 32.2. The lowest BCUT2D eigenvalue weighted by Gasteiger charge is -2.17. The SMILES string of the molecule is COc1cc(C=O)cc(-c2cccc(S(C)(=O)=O)c2)c1OCc1ccccc1. The Morgan fingerprint density at radius 2 is 1.71 bits per heavy atom. The minimum Gasteiger partial charge on any atom is -0.493 e. The lowest BCUT2D eigenvalue weighted by molar-refractivity contribution is 0.112. The predicted molar refractivity (Wildman–Crippen MR) is 108 cm³/mol. The summed E-state index contributed by atoms with van der Waals surface area (Å²) in [5.74, 6) is 0.850. The molecule has 0 N–H and O–H groups in total. The van der Waals surface area contributed by atoms with Crippen molar-refractivity contribution >= 4 is 16.1 Å². The van der Waals surface area contributed by atoms with E-state index in [1.807, 2.05) is 30.3 Å². The zero-order chi connectivity index (χ0) is 20.1. The molecule has 28 heavy (non-hydrogen) atoms. The summed E-state index contributed by atoms with van der Waals surface area (Å²) in [4.78, 5) is 11.6. The first kappa shape index (κ1) is 19.6. The molecule has 3 aromatic carbocycles. The van der Waals surface area contributed by atoms with Crippen LogP contribution in [0.15, 0.2) is 71.6 Å². The van der Waals surface area contributed by atoms with E-state index in [0.29, 0.717) is 41.1 Å². The summed E-state index contributed by atoms with van der Waals surface area (Å²) >= 11 is 0. The molecule has 0 aliphatic rings. The van der Waals surface area contributed by atoms with Gasteiger partial charge in [-0.05, 0) is 35.4 Å². The van der Waals surface area contributed by atoms with Crippen molar-refractivity contribution in [3.05, 3.63) is 77.9 Å². The van der Waals surface area contributed by atoms with Gasteiger partial charge in [0.05, 0.1) is 12.0 Å². The quantitative estimate of drug-likeness (QED) is 0.561. The standard InChI is InChI=1S/C22H20O5S/c1-26-21-12-17(14-23)11-20(18-9-6-10-19(13-18)28(2,24)25)22(21)27-15-16-7-4-3-5-8-16/h3-14H,15H2,1-2H3. The van der Waals surface area contributed by atoms with Crippen LogP contribution in [0.25, 0.3) is 11.1 Å². The molecule has 0 aliphatic carbocycles. The van der Waals surface area contributed by atoms with E-state index in [1.54, 1.807) is 30.3 Å². The van der Waals surface area contributed by atoms with E-state index in [9.17, 15) is 13.2 Å². The van der Waals surface area contributed by atoms with Crippen LogP contribution in [0.1, 0.15) is 15.9 Å². The molecule has 0 heterocycles. The second-order valence-corrected chi connectivity index (χ2v) is 8.31. The summed E-state index contributed by atoms with van der Waals surface area (Å²) in [7, 11) is -1.88. The highest BCUT2D eigenvalue weighted by Gasteiger charge is 2.17. The monoisotopic (exact) mass is 396 g/mol. The van der Waals surface area contributed by atoms with Gasteiger partial charge in [0.2, 0.25) is 0 Å². The minimum absolute atomic E-state index is 0.189. The van der Waals surface area contributed by atoms with Crippen molar-refractivity contribution in [3.63, 3.8) is 0 Å². The third-order valence-corrected chi connectivity index (χ3v) is 5.34. The summed E-state index contributed by atoms with van der Waals surface area (Å²) in [5, 5.41) is 0. The summed E-state index contributed by atoms with van der Waals surface area (Å²) in [5.41, 5.74) is 2.58. The van der Waals surface area contributed by atoms with Gasteiger partial charge in [-0.15, -0.1) is 0 Å². The lowest BCUT2D eigenvalue weighted by Crippen LogP contribution is -2.02. The number of sulfone groups is 1. The van der Waals surface area contributed by atoms with Crippen molar-refractivity contribution in [1.82, 2.24) is 0 Å². The first-order valence-electron chi connectivity index (χ1n) is 8.57. The van der Waals surface area contributed by atoms with Crippen LogP contribution in [0, 0.1) is 0 Å². The molecule has 3 aromatic rings. The average Bonchev–Trinajstić information content (AvgIpc) is 2.71. The number of ether oxygens (including phenoxy) is 2. The van der Waals surface area contributed by atoms with Gasteiger partial charge >= 0.3 is 0 Å². The maximum Gasteiger partial charge on any atom is 0.175 e. The van der Waals surface area contributed by atoms with Crippen molar-refractivity contribution < 1.29 is 22.7 Å². The van der Waals surface area contributed by atoms with E-state index in [4.69, 9.17) is 9.47 Å². The van der Waals surface area contributed by atoms with E-state index >= 15 is 0 Å². The highest BCUT2D eigenvalue weighted by Crippen LogP contribution is 2.40. The van der Waals surface area contributed by atoms with Crippen molar-refractivity contribution in [1.29, 1.82) is 0 Å². The topological polar surface area (TPSA) is 69.7 Å². The molecule has 0 saturated heterocycles. The molecule has 0 unspecified atom stereocenters. The molecule has 0 aliphatic heterocycles. The van der Waals surface area contributed by atoms with Gasteiger partial charge in [-0.2, -0.15) is 0 Å². The Labute approximate surface area is 164 Å². The fourth-order valence-electron chi connectivity index (χ4n) is 2.83. The molecule has 0 bridgehead atoms. The lowest BCUT2D eigenvalue weighted by atomic mass is 10.0. The minimum atomic E-state index is -3.37. The Kier molecular flexibility index (Phi) is 5.80. The molecule has 3 rings (SSSR count). The number of carbonyl (C=O) groups excluding carboxylic acids is 1. The van der Waals surface area contributed by atoms with Gasteiger partial charge in [0.25, 0.3) is 0 Å². The number of hydrogen-bond donors (Lipinski definition) is 0. The first-order chi connectivity index (χ1) is 13.4. The fraction of sp³-hybridized carbons (Fsp3) is 0.136. The van der Waals surface area contributed by atoms with Crippen LogP contribution in [-0.2, 0) is 16.4 Å². The van der Waals surface area contributed by atoms with Gasteiger partial charge in [0.1, 0.15) is 12.9 Å². The Morgan fingerprint density at radius 3 is 2.36 bits per heavy atom. The summed E-state index contributed by atoms with van der Waals surface area (Å²) in [6.45, 7) is 0.302. The predicted octanol–water partition coefficient (Wildman–Crippen LogP) is 4.16. The van der Waals surface area contributed by atoms with E-state index in [1.165, 1.54) is 13.2 Å². The average molecular weight is 396 g/mol. The number of rotatable bonds is 7. The van der Waals surface area contributed by atoms with Crippen LogP contribution >= 0.6 is 0 Å². The van der Waals surface area contributed by atoms with E-state index in [0.717, 1.165) is 11.8 Å². The number of benzene rings is 3. The molecule has 6 heteroatoms. The van der Waals surface area contributed by atoms with Crippen LogP contribution in [0.5, 0.6) is 11.5 Å². The Bertz CT molecular complexity index is 1090. The second-order valence-electron chi connectivity index (χ2n) is 6.29. The molecule has 0 fully saturated rings. The zero-order valence-corrected chi connectivity index (χ0v) is 16.4. The molecule has 0 atom stereocenters. The van der Waals surface area contributed by atoms with Crippen molar-refractivity contribution in [2.24, 2.45) is 0 Å². The van der Waals surface area contributed by atoms with Crippen LogP contribution < -0.4 is 9.47 Å². The molecule has 144 valence electrons. The summed E-state index contributed by atoms with van der Waals surface area (Å²) in [6, 6.07) is 19.4. The normalized spacial score (nSPS) is 11.1. The van der Waals surface area contributed by atoms with E-state index in [2.05, 4.69) is 0 Å². The Morgan fingerprint density at radius 1 is 0.964 bits per heavy atom. The number of aldehydes is 1. The fourth-order valence-corrected chi connectivity index (χ4v) is 3.50. The van der Waals surface area contributed by atoms with Gasteiger partial charge in [-0.25, -0.2) is 8.42 Å². The third-order valence-electron chi connectivity index (χ3n) is 4.23. The van der Waals surface area contributed by atoms with Crippen LogP contribution in [-0.4, -0.2) is 28.1 Å². The molecular weight excluding hydrogens is 376 g/mol. The number of carbonyl (C=O) groups is 1. The van der Waals surface area contributed by atoms with Crippen LogP contribution in [0.4, 0.5) is 0 Å². The number of hydrogen-bond acceptors (Lipinski definition) is 5. The molecule has 0 spiro atoms. The Balaban J connectivity index is 2.12. The van der Waals surface area contributed by atoms with E-state index < -0.39 is 9.84 Å². The van der Waals surface area contributed by atoms with Gasteiger partial charge in [0, 0.05) is 17.4 Å². The van der Waals surface area contributed by atoms with Gasteiger partial charge in [0.15, 0.2) is 21.3 Å². The summed E-state index contributed by atoms with van der Waals surface area (Å²) < 4.78 is 35.4. The van der Waals surface area contributed by atoms with Crippen molar-refractivity contribution in [3.8, 4) is 22.6 Å². The molecule has 0 aromatic heterocycles. The zero-order valence-electron chi connectivity index (χ0n) is 15.6. The van der Waals surface area contributed by atoms with Gasteiger partial charge in [-0.3, -0.25) is 4.79 Å². The van der Waals surface area contributed by atoms with Crippen LogP contribution in [0.2, 0.25) is 0 Å². The second kappa shape index (κ2) is 8.27. The largest absolute Gasteiger partial charge is 0.493 e. The Hall–Kier alpha value is -3.12. The van der Waals surface area contributed by atoms with Crippen LogP contribution in [0.3, 0.4) is 0 Å². The highest BCUT2D eigenvalue weighted by molar-refractivity contribution is 7.90. The first-order valence-corrected chi connectivity index (χ1v) is 10.5. The van der Waals surface area contributed by atoms with Gasteiger partial charge < -0.3 is 9.47 Å². The smallest absolute Gasteiger partial charge is 0.175 e. The molecule has 5 nitrogen and oxygen atoms in total. The van der Waals surface area contributed by atoms with Crippen molar-refractivity contribution in [2.45, 2.75) is 11.5 Å². The maximum atomic E-state index is 11.9. The summed E-state index contributed by atoms with van der Waals surface area (Å²) in [6.07, 6.45) is 1.87. The molecule has 0 radical (unpaired) electrons. The number of methoxy groups -OCH3 is 1. The maximum absolute atomic E-state index is 11.9. The van der Waals surface area contributed by atoms with Gasteiger partial charge in [-0.1, -0.05) is 42.5 Å². The van der Waals surface area contributed by atoms with E-state index in [-0.39, 0.29) is 4.90 Å². The molecule has 0 amide bonds. The molecular formula is C22H20O5S.